The van der Waals surface area contributed by atoms with E-state index in [1.807, 2.05) is 6.07 Å². The Morgan fingerprint density at radius 2 is 1.94 bits per heavy atom. The third-order valence-electron chi connectivity index (χ3n) is 3.97. The number of fused-ring (bicyclic) bond motifs is 1. The van der Waals surface area contributed by atoms with Crippen molar-refractivity contribution in [2.24, 2.45) is 11.8 Å². The first-order valence-electron chi connectivity index (χ1n) is 6.08. The van der Waals surface area contributed by atoms with E-state index < -0.39 is 0 Å². The van der Waals surface area contributed by atoms with Gasteiger partial charge in [-0.3, -0.25) is 4.79 Å². The zero-order chi connectivity index (χ0) is 11.0. The summed E-state index contributed by atoms with van der Waals surface area (Å²) in [5, 5.41) is 0. The fourth-order valence-electron chi connectivity index (χ4n) is 3.19. The molecule has 0 spiro atoms. The Bertz CT molecular complexity index is 385. The molecule has 3 atom stereocenters. The standard InChI is InChI=1S/C14H16O2/c15-14-13-11(9-16-14)7-4-8-12(13)10-5-2-1-3-6-10/h1-3,5-6,11-13H,4,7-9H2/t11-,12-,13-/m1/s1. The first kappa shape index (κ1) is 9.88. The van der Waals surface area contributed by atoms with E-state index in [1.54, 1.807) is 0 Å². The van der Waals surface area contributed by atoms with E-state index in [0.717, 1.165) is 12.8 Å². The average Bonchev–Trinajstić information content (AvgIpc) is 2.73. The van der Waals surface area contributed by atoms with Gasteiger partial charge in [-0.2, -0.15) is 0 Å². The van der Waals surface area contributed by atoms with E-state index in [1.165, 1.54) is 12.0 Å². The van der Waals surface area contributed by atoms with E-state index in [0.29, 0.717) is 18.4 Å². The molecule has 1 aliphatic heterocycles. The first-order chi connectivity index (χ1) is 7.86. The predicted molar refractivity (Wildman–Crippen MR) is 61.0 cm³/mol. The molecule has 0 bridgehead atoms. The van der Waals surface area contributed by atoms with Crippen LogP contribution in [0.1, 0.15) is 30.7 Å². The first-order valence-corrected chi connectivity index (χ1v) is 6.08. The number of carbonyl (C=O) groups excluding carboxylic acids is 1. The van der Waals surface area contributed by atoms with Crippen molar-refractivity contribution in [1.29, 1.82) is 0 Å². The number of cyclic esters (lactones) is 1. The van der Waals surface area contributed by atoms with Gasteiger partial charge >= 0.3 is 5.97 Å². The molecule has 2 aliphatic rings. The lowest BCUT2D eigenvalue weighted by atomic mass is 9.71. The molecule has 0 aromatic heterocycles. The fourth-order valence-corrected chi connectivity index (χ4v) is 3.19. The lowest BCUT2D eigenvalue weighted by Gasteiger charge is -2.30. The summed E-state index contributed by atoms with van der Waals surface area (Å²) in [5.41, 5.74) is 1.30. The Labute approximate surface area is 95.6 Å². The van der Waals surface area contributed by atoms with Gasteiger partial charge in [0, 0.05) is 5.92 Å². The van der Waals surface area contributed by atoms with Crippen molar-refractivity contribution in [2.75, 3.05) is 6.61 Å². The topological polar surface area (TPSA) is 26.3 Å². The summed E-state index contributed by atoms with van der Waals surface area (Å²) in [6.45, 7) is 0.646. The number of benzene rings is 1. The maximum Gasteiger partial charge on any atom is 0.309 e. The highest BCUT2D eigenvalue weighted by atomic mass is 16.5. The van der Waals surface area contributed by atoms with Gasteiger partial charge in [0.1, 0.15) is 0 Å². The number of ether oxygens (including phenoxy) is 1. The minimum atomic E-state index is 0.0264. The van der Waals surface area contributed by atoms with Gasteiger partial charge in [-0.15, -0.1) is 0 Å². The van der Waals surface area contributed by atoms with Gasteiger partial charge in [0.15, 0.2) is 0 Å². The van der Waals surface area contributed by atoms with Crippen molar-refractivity contribution in [1.82, 2.24) is 0 Å². The van der Waals surface area contributed by atoms with Crippen LogP contribution in [0.2, 0.25) is 0 Å². The highest BCUT2D eigenvalue weighted by Gasteiger charge is 2.44. The highest BCUT2D eigenvalue weighted by molar-refractivity contribution is 5.76. The van der Waals surface area contributed by atoms with Crippen LogP contribution in [0.25, 0.3) is 0 Å². The van der Waals surface area contributed by atoms with E-state index in [-0.39, 0.29) is 11.9 Å². The number of rotatable bonds is 1. The Balaban J connectivity index is 1.92. The van der Waals surface area contributed by atoms with E-state index >= 15 is 0 Å². The highest BCUT2D eigenvalue weighted by Crippen LogP contribution is 2.44. The molecule has 1 aliphatic carbocycles. The van der Waals surface area contributed by atoms with Crippen LogP contribution in [0.3, 0.4) is 0 Å². The zero-order valence-corrected chi connectivity index (χ0v) is 9.26. The van der Waals surface area contributed by atoms with Crippen LogP contribution in [0, 0.1) is 11.8 Å². The summed E-state index contributed by atoms with van der Waals surface area (Å²) in [5.74, 6) is 0.996. The second-order valence-electron chi connectivity index (χ2n) is 4.86. The molecule has 1 heterocycles. The van der Waals surface area contributed by atoms with Crippen molar-refractivity contribution in [2.45, 2.75) is 25.2 Å². The third kappa shape index (κ3) is 1.53. The number of hydrogen-bond acceptors (Lipinski definition) is 2. The molecule has 84 valence electrons. The molecule has 2 nitrogen and oxygen atoms in total. The molecular weight excluding hydrogens is 200 g/mol. The smallest absolute Gasteiger partial charge is 0.309 e. The van der Waals surface area contributed by atoms with Crippen LogP contribution in [0.4, 0.5) is 0 Å². The molecule has 0 N–H and O–H groups in total. The van der Waals surface area contributed by atoms with Gasteiger partial charge in [-0.05, 0) is 24.3 Å². The molecule has 0 amide bonds. The van der Waals surface area contributed by atoms with Crippen LogP contribution in [0.5, 0.6) is 0 Å². The van der Waals surface area contributed by atoms with Gasteiger partial charge in [0.25, 0.3) is 0 Å². The number of hydrogen-bond donors (Lipinski definition) is 0. The van der Waals surface area contributed by atoms with Crippen LogP contribution in [0.15, 0.2) is 30.3 Å². The lowest BCUT2D eigenvalue weighted by molar-refractivity contribution is -0.142. The summed E-state index contributed by atoms with van der Waals surface area (Å²) in [4.78, 5) is 11.8. The molecular formula is C14H16O2. The Morgan fingerprint density at radius 1 is 1.12 bits per heavy atom. The summed E-state index contributed by atoms with van der Waals surface area (Å²) in [6.07, 6.45) is 3.50. The predicted octanol–water partition coefficient (Wildman–Crippen LogP) is 2.74. The minimum Gasteiger partial charge on any atom is -0.465 e. The third-order valence-corrected chi connectivity index (χ3v) is 3.97. The summed E-state index contributed by atoms with van der Waals surface area (Å²) >= 11 is 0. The lowest BCUT2D eigenvalue weighted by Crippen LogP contribution is -2.28. The molecule has 1 saturated heterocycles. The number of carbonyl (C=O) groups is 1. The second-order valence-corrected chi connectivity index (χ2v) is 4.86. The van der Waals surface area contributed by atoms with Crippen molar-refractivity contribution in [3.63, 3.8) is 0 Å². The van der Waals surface area contributed by atoms with Crippen molar-refractivity contribution < 1.29 is 9.53 Å². The molecule has 0 radical (unpaired) electrons. The Morgan fingerprint density at radius 3 is 2.75 bits per heavy atom. The largest absolute Gasteiger partial charge is 0.465 e. The van der Waals surface area contributed by atoms with E-state index in [4.69, 9.17) is 4.74 Å². The minimum absolute atomic E-state index is 0.0264. The molecule has 3 rings (SSSR count). The Kier molecular flexibility index (Phi) is 2.43. The maximum absolute atomic E-state index is 11.8. The molecule has 0 unspecified atom stereocenters. The van der Waals surface area contributed by atoms with Crippen molar-refractivity contribution in [3.05, 3.63) is 35.9 Å². The van der Waals surface area contributed by atoms with Crippen LogP contribution in [-0.2, 0) is 9.53 Å². The van der Waals surface area contributed by atoms with Gasteiger partial charge < -0.3 is 4.74 Å². The summed E-state index contributed by atoms with van der Waals surface area (Å²) < 4.78 is 5.21. The monoisotopic (exact) mass is 216 g/mol. The van der Waals surface area contributed by atoms with E-state index in [9.17, 15) is 4.79 Å². The Hall–Kier alpha value is -1.31. The molecule has 2 heteroatoms. The quantitative estimate of drug-likeness (QED) is 0.675. The SMILES string of the molecule is O=C1OC[C@H]2CCC[C@H](c3ccccc3)[C@H]12. The van der Waals surface area contributed by atoms with Crippen molar-refractivity contribution in [3.8, 4) is 0 Å². The van der Waals surface area contributed by atoms with Gasteiger partial charge in [0.05, 0.1) is 12.5 Å². The zero-order valence-electron chi connectivity index (χ0n) is 9.26. The van der Waals surface area contributed by atoms with Crippen LogP contribution >= 0.6 is 0 Å². The van der Waals surface area contributed by atoms with Crippen LogP contribution in [-0.4, -0.2) is 12.6 Å². The summed E-state index contributed by atoms with van der Waals surface area (Å²) in [7, 11) is 0. The average molecular weight is 216 g/mol. The molecule has 1 aromatic rings. The second kappa shape index (κ2) is 3.93. The molecule has 16 heavy (non-hydrogen) atoms. The number of esters is 1. The molecule has 1 saturated carbocycles. The fraction of sp³-hybridized carbons (Fsp3) is 0.500. The maximum atomic E-state index is 11.8. The van der Waals surface area contributed by atoms with Gasteiger partial charge in [0.2, 0.25) is 0 Å². The molecule has 1 aromatic carbocycles. The van der Waals surface area contributed by atoms with Gasteiger partial charge in [-0.25, -0.2) is 0 Å². The van der Waals surface area contributed by atoms with Gasteiger partial charge in [-0.1, -0.05) is 36.8 Å². The van der Waals surface area contributed by atoms with Crippen LogP contribution < -0.4 is 0 Å². The molecule has 2 fully saturated rings. The normalized spacial score (nSPS) is 33.2. The van der Waals surface area contributed by atoms with E-state index in [2.05, 4.69) is 24.3 Å². The summed E-state index contributed by atoms with van der Waals surface area (Å²) in [6, 6.07) is 10.4. The van der Waals surface area contributed by atoms with Crippen molar-refractivity contribution >= 4 is 5.97 Å².